The number of hydrogen-bond donors (Lipinski definition) is 1. The number of rotatable bonds is 9. The van der Waals surface area contributed by atoms with E-state index in [9.17, 15) is 13.2 Å². The molecular formula is C28H25BrN2O4S. The van der Waals surface area contributed by atoms with Crippen LogP contribution in [0, 0.1) is 6.92 Å². The van der Waals surface area contributed by atoms with E-state index >= 15 is 0 Å². The summed E-state index contributed by atoms with van der Waals surface area (Å²) in [5.41, 5.74) is 2.29. The number of sulfonamides is 1. The Kier molecular flexibility index (Phi) is 8.20. The number of carbonyl (C=O) groups excluding carboxylic acids is 1. The zero-order valence-corrected chi connectivity index (χ0v) is 22.0. The molecule has 0 bridgehead atoms. The molecule has 0 aromatic heterocycles. The van der Waals surface area contributed by atoms with Gasteiger partial charge in [0.2, 0.25) is 15.9 Å². The predicted octanol–water partition coefficient (Wildman–Crippen LogP) is 6.38. The number of nitrogens with one attached hydrogen (secondary N) is 1. The zero-order valence-electron chi connectivity index (χ0n) is 19.6. The van der Waals surface area contributed by atoms with Crippen molar-refractivity contribution >= 4 is 37.5 Å². The Morgan fingerprint density at radius 1 is 0.861 bits per heavy atom. The van der Waals surface area contributed by atoms with Crippen LogP contribution >= 0.6 is 15.9 Å². The van der Waals surface area contributed by atoms with Crippen LogP contribution in [0.3, 0.4) is 0 Å². The van der Waals surface area contributed by atoms with E-state index in [-0.39, 0.29) is 18.0 Å². The van der Waals surface area contributed by atoms with Crippen LogP contribution in [0.5, 0.6) is 11.5 Å². The second kappa shape index (κ2) is 11.5. The SMILES string of the molecule is Cc1ccc(CN(CC(=O)Nc2ccccc2Oc2ccccc2)S(=O)(=O)c2ccc(Br)cc2)cc1. The van der Waals surface area contributed by atoms with E-state index in [1.54, 1.807) is 36.4 Å². The third-order valence-electron chi connectivity index (χ3n) is 5.38. The lowest BCUT2D eigenvalue weighted by Crippen LogP contribution is -2.37. The molecular weight excluding hydrogens is 540 g/mol. The molecule has 0 aliphatic heterocycles. The first-order valence-electron chi connectivity index (χ1n) is 11.2. The minimum atomic E-state index is -3.95. The third kappa shape index (κ3) is 6.60. The van der Waals surface area contributed by atoms with Crippen molar-refractivity contribution in [3.63, 3.8) is 0 Å². The highest BCUT2D eigenvalue weighted by Gasteiger charge is 2.27. The normalized spacial score (nSPS) is 11.3. The van der Waals surface area contributed by atoms with E-state index in [1.807, 2.05) is 61.5 Å². The standard InChI is InChI=1S/C28H25BrN2O4S/c1-21-11-13-22(14-12-21)19-31(36(33,34)25-17-15-23(29)16-18-25)20-28(32)30-26-9-5-6-10-27(26)35-24-7-3-2-4-8-24/h2-18H,19-20H2,1H3,(H,30,32). The highest BCUT2D eigenvalue weighted by atomic mass is 79.9. The van der Waals surface area contributed by atoms with E-state index in [1.165, 1.54) is 16.4 Å². The molecule has 0 radical (unpaired) electrons. The lowest BCUT2D eigenvalue weighted by atomic mass is 10.1. The van der Waals surface area contributed by atoms with Crippen molar-refractivity contribution in [2.75, 3.05) is 11.9 Å². The molecule has 1 amide bonds. The van der Waals surface area contributed by atoms with Gasteiger partial charge in [-0.1, -0.05) is 76.1 Å². The van der Waals surface area contributed by atoms with Gasteiger partial charge in [-0.25, -0.2) is 8.42 Å². The molecule has 0 spiro atoms. The number of para-hydroxylation sites is 3. The molecule has 36 heavy (non-hydrogen) atoms. The average molecular weight is 565 g/mol. The fraction of sp³-hybridized carbons (Fsp3) is 0.107. The lowest BCUT2D eigenvalue weighted by Gasteiger charge is -2.22. The van der Waals surface area contributed by atoms with Crippen LogP contribution in [-0.2, 0) is 21.4 Å². The Hall–Kier alpha value is -3.46. The van der Waals surface area contributed by atoms with Gasteiger partial charge in [-0.05, 0) is 61.0 Å². The minimum Gasteiger partial charge on any atom is -0.455 e. The van der Waals surface area contributed by atoms with Gasteiger partial charge < -0.3 is 10.1 Å². The molecule has 4 rings (SSSR count). The number of benzene rings is 4. The van der Waals surface area contributed by atoms with Gasteiger partial charge in [0.15, 0.2) is 5.75 Å². The molecule has 0 atom stereocenters. The molecule has 0 aliphatic carbocycles. The van der Waals surface area contributed by atoms with Crippen molar-refractivity contribution in [1.82, 2.24) is 4.31 Å². The van der Waals surface area contributed by atoms with Crippen molar-refractivity contribution < 1.29 is 17.9 Å². The summed E-state index contributed by atoms with van der Waals surface area (Å²) in [7, 11) is -3.95. The first kappa shape index (κ1) is 25.6. The zero-order chi connectivity index (χ0) is 25.5. The Labute approximate surface area is 219 Å². The Morgan fingerprint density at radius 3 is 2.19 bits per heavy atom. The maximum Gasteiger partial charge on any atom is 0.243 e. The molecule has 0 unspecified atom stereocenters. The molecule has 0 saturated heterocycles. The molecule has 0 fully saturated rings. The molecule has 8 heteroatoms. The van der Waals surface area contributed by atoms with Crippen LogP contribution in [-0.4, -0.2) is 25.2 Å². The fourth-order valence-corrected chi connectivity index (χ4v) is 5.15. The largest absolute Gasteiger partial charge is 0.455 e. The van der Waals surface area contributed by atoms with Gasteiger partial charge in [0, 0.05) is 11.0 Å². The Balaban J connectivity index is 1.57. The van der Waals surface area contributed by atoms with Gasteiger partial charge in [0.1, 0.15) is 5.75 Å². The van der Waals surface area contributed by atoms with E-state index in [0.717, 1.165) is 15.6 Å². The lowest BCUT2D eigenvalue weighted by molar-refractivity contribution is -0.116. The van der Waals surface area contributed by atoms with Crippen molar-refractivity contribution in [1.29, 1.82) is 0 Å². The monoisotopic (exact) mass is 564 g/mol. The molecule has 0 aliphatic rings. The number of anilines is 1. The van der Waals surface area contributed by atoms with Crippen molar-refractivity contribution in [3.8, 4) is 11.5 Å². The van der Waals surface area contributed by atoms with Crippen LogP contribution in [0.25, 0.3) is 0 Å². The summed E-state index contributed by atoms with van der Waals surface area (Å²) in [6.45, 7) is 1.64. The van der Waals surface area contributed by atoms with Crippen LogP contribution in [0.15, 0.2) is 112 Å². The summed E-state index contributed by atoms with van der Waals surface area (Å²) in [4.78, 5) is 13.2. The number of ether oxygens (including phenoxy) is 1. The van der Waals surface area contributed by atoms with Gasteiger partial charge >= 0.3 is 0 Å². The molecule has 4 aromatic rings. The summed E-state index contributed by atoms with van der Waals surface area (Å²) in [6.07, 6.45) is 0. The number of amides is 1. The second-order valence-electron chi connectivity index (χ2n) is 8.17. The summed E-state index contributed by atoms with van der Waals surface area (Å²) < 4.78 is 34.9. The van der Waals surface area contributed by atoms with Crippen LogP contribution in [0.1, 0.15) is 11.1 Å². The first-order chi connectivity index (χ1) is 17.3. The van der Waals surface area contributed by atoms with E-state index in [4.69, 9.17) is 4.74 Å². The van der Waals surface area contributed by atoms with Crippen molar-refractivity contribution in [3.05, 3.63) is 119 Å². The molecule has 6 nitrogen and oxygen atoms in total. The maximum atomic E-state index is 13.5. The summed E-state index contributed by atoms with van der Waals surface area (Å²) in [5.74, 6) is 0.600. The van der Waals surface area contributed by atoms with Gasteiger partial charge in [-0.2, -0.15) is 4.31 Å². The second-order valence-corrected chi connectivity index (χ2v) is 11.0. The maximum absolute atomic E-state index is 13.5. The summed E-state index contributed by atoms with van der Waals surface area (Å²) >= 11 is 3.33. The van der Waals surface area contributed by atoms with Gasteiger partial charge in [-0.3, -0.25) is 4.79 Å². The Bertz CT molecular complexity index is 1420. The molecule has 184 valence electrons. The number of nitrogens with zero attached hydrogens (tertiary/aromatic N) is 1. The smallest absolute Gasteiger partial charge is 0.243 e. The molecule has 1 N–H and O–H groups in total. The van der Waals surface area contributed by atoms with Crippen LogP contribution in [0.2, 0.25) is 0 Å². The quantitative estimate of drug-likeness (QED) is 0.256. The number of carbonyl (C=O) groups is 1. The Morgan fingerprint density at radius 2 is 1.50 bits per heavy atom. The molecule has 0 saturated carbocycles. The van der Waals surface area contributed by atoms with Gasteiger partial charge in [0.25, 0.3) is 0 Å². The van der Waals surface area contributed by atoms with Gasteiger partial charge in [-0.15, -0.1) is 0 Å². The van der Waals surface area contributed by atoms with Crippen LogP contribution in [0.4, 0.5) is 5.69 Å². The summed E-state index contributed by atoms with van der Waals surface area (Å²) in [6, 6.07) is 30.1. The van der Waals surface area contributed by atoms with E-state index in [2.05, 4.69) is 21.2 Å². The predicted molar refractivity (Wildman–Crippen MR) is 145 cm³/mol. The van der Waals surface area contributed by atoms with E-state index in [0.29, 0.717) is 17.2 Å². The highest BCUT2D eigenvalue weighted by Crippen LogP contribution is 2.29. The van der Waals surface area contributed by atoms with Gasteiger partial charge in [0.05, 0.1) is 17.1 Å². The number of aryl methyl sites for hydroxylation is 1. The number of hydrogen-bond acceptors (Lipinski definition) is 4. The number of halogens is 1. The third-order valence-corrected chi connectivity index (χ3v) is 7.72. The molecule has 0 heterocycles. The van der Waals surface area contributed by atoms with Crippen LogP contribution < -0.4 is 10.1 Å². The van der Waals surface area contributed by atoms with Crippen molar-refractivity contribution in [2.45, 2.75) is 18.4 Å². The highest BCUT2D eigenvalue weighted by molar-refractivity contribution is 9.10. The average Bonchev–Trinajstić information content (AvgIpc) is 2.87. The first-order valence-corrected chi connectivity index (χ1v) is 13.5. The fourth-order valence-electron chi connectivity index (χ4n) is 3.50. The topological polar surface area (TPSA) is 75.7 Å². The van der Waals surface area contributed by atoms with E-state index < -0.39 is 15.9 Å². The molecule has 4 aromatic carbocycles. The van der Waals surface area contributed by atoms with Crippen molar-refractivity contribution in [2.24, 2.45) is 0 Å². The summed E-state index contributed by atoms with van der Waals surface area (Å²) in [5, 5.41) is 2.81. The minimum absolute atomic E-state index is 0.0499.